The van der Waals surface area contributed by atoms with E-state index in [0.717, 1.165) is 0 Å². The van der Waals surface area contributed by atoms with Crippen LogP contribution < -0.4 is 14.8 Å². The van der Waals surface area contributed by atoms with E-state index < -0.39 is 10.8 Å². The predicted octanol–water partition coefficient (Wildman–Crippen LogP) is 2.21. The Labute approximate surface area is 179 Å². The molecule has 2 N–H and O–H groups in total. The highest BCUT2D eigenvalue weighted by Gasteiger charge is 2.20. The molecule has 158 valence electrons. The molecule has 31 heavy (non-hydrogen) atoms. The molecule has 2 aromatic heterocycles. The van der Waals surface area contributed by atoms with E-state index in [2.05, 4.69) is 25.6 Å². The first-order valence-corrected chi connectivity index (χ1v) is 11.0. The minimum absolute atomic E-state index is 0.204. The Morgan fingerprint density at radius 2 is 1.97 bits per heavy atom. The van der Waals surface area contributed by atoms with Crippen molar-refractivity contribution in [1.29, 1.82) is 0 Å². The number of amides is 1. The van der Waals surface area contributed by atoms with Crippen LogP contribution in [0.3, 0.4) is 0 Å². The van der Waals surface area contributed by atoms with Crippen LogP contribution in [-0.4, -0.2) is 54.5 Å². The van der Waals surface area contributed by atoms with Gasteiger partial charge in [-0.25, -0.2) is 9.67 Å². The Hall–Kier alpha value is -3.73. The standard InChI is InChI=1S/C20H18N6O4S/c1-11-18(24-25-26(11)13-4-6-16-17(10-13)30-8-7-29-16)19(27)21-12-3-5-14-15(9-12)23-20(22-14)31(2)28/h3-6,9-10H,7-8H2,1-2H3,(H,21,27)(H,22,23). The molecule has 4 aromatic rings. The average Bonchev–Trinajstić information content (AvgIpc) is 3.37. The number of carbonyl (C=O) groups excluding carboxylic acids is 1. The third-order valence-corrected chi connectivity index (χ3v) is 5.61. The van der Waals surface area contributed by atoms with Crippen LogP contribution in [0.15, 0.2) is 41.6 Å². The molecule has 5 rings (SSSR count). The van der Waals surface area contributed by atoms with Gasteiger partial charge < -0.3 is 19.8 Å². The van der Waals surface area contributed by atoms with Crippen LogP contribution in [0.4, 0.5) is 5.69 Å². The number of nitrogens with zero attached hydrogens (tertiary/aromatic N) is 4. The van der Waals surface area contributed by atoms with Crippen molar-refractivity contribution in [2.75, 3.05) is 24.8 Å². The number of aromatic nitrogens is 5. The molecule has 1 aliphatic heterocycles. The lowest BCUT2D eigenvalue weighted by Gasteiger charge is -2.18. The number of nitrogens with one attached hydrogen (secondary N) is 2. The van der Waals surface area contributed by atoms with E-state index in [4.69, 9.17) is 9.47 Å². The minimum atomic E-state index is -1.22. The van der Waals surface area contributed by atoms with Crippen molar-refractivity contribution in [3.05, 3.63) is 47.8 Å². The molecule has 1 atom stereocenters. The quantitative estimate of drug-likeness (QED) is 0.501. The van der Waals surface area contributed by atoms with E-state index in [1.54, 1.807) is 42.1 Å². The van der Waals surface area contributed by atoms with Crippen molar-refractivity contribution < 1.29 is 18.5 Å². The summed E-state index contributed by atoms with van der Waals surface area (Å²) in [7, 11) is -1.22. The lowest BCUT2D eigenvalue weighted by Crippen LogP contribution is -2.16. The van der Waals surface area contributed by atoms with E-state index in [-0.39, 0.29) is 11.6 Å². The third kappa shape index (κ3) is 3.52. The number of aromatic amines is 1. The van der Waals surface area contributed by atoms with Gasteiger partial charge in [0.2, 0.25) is 0 Å². The number of carbonyl (C=O) groups is 1. The van der Waals surface area contributed by atoms with Gasteiger partial charge in [-0.3, -0.25) is 9.00 Å². The van der Waals surface area contributed by atoms with Crippen molar-refractivity contribution in [1.82, 2.24) is 25.0 Å². The van der Waals surface area contributed by atoms with Gasteiger partial charge in [0.1, 0.15) is 13.2 Å². The highest BCUT2D eigenvalue weighted by atomic mass is 32.2. The number of rotatable bonds is 4. The molecule has 0 bridgehead atoms. The number of ether oxygens (including phenoxy) is 2. The van der Waals surface area contributed by atoms with Crippen LogP contribution in [0.5, 0.6) is 11.5 Å². The Balaban J connectivity index is 1.40. The first kappa shape index (κ1) is 19.2. The van der Waals surface area contributed by atoms with Crippen LogP contribution >= 0.6 is 0 Å². The molecule has 0 aliphatic carbocycles. The Kier molecular flexibility index (Phi) is 4.66. The van der Waals surface area contributed by atoms with Gasteiger partial charge in [0.05, 0.1) is 33.2 Å². The van der Waals surface area contributed by atoms with Gasteiger partial charge in [-0.1, -0.05) is 5.21 Å². The summed E-state index contributed by atoms with van der Waals surface area (Å²) in [5, 5.41) is 11.4. The van der Waals surface area contributed by atoms with E-state index in [1.807, 2.05) is 12.1 Å². The molecule has 0 fully saturated rings. The fraction of sp³-hybridized carbons (Fsp3) is 0.200. The van der Waals surface area contributed by atoms with E-state index in [1.165, 1.54) is 0 Å². The van der Waals surface area contributed by atoms with Gasteiger partial charge in [-0.2, -0.15) is 0 Å². The van der Waals surface area contributed by atoms with Crippen LogP contribution in [0.1, 0.15) is 16.2 Å². The molecule has 3 heterocycles. The number of hydrogen-bond donors (Lipinski definition) is 2. The molecule has 0 radical (unpaired) electrons. The van der Waals surface area contributed by atoms with Crippen molar-refractivity contribution in [3.8, 4) is 17.2 Å². The summed E-state index contributed by atoms with van der Waals surface area (Å²) < 4.78 is 24.4. The van der Waals surface area contributed by atoms with Gasteiger partial charge in [-0.15, -0.1) is 5.10 Å². The number of H-pyrrole nitrogens is 1. The zero-order valence-electron chi connectivity index (χ0n) is 16.7. The number of benzene rings is 2. The number of imidazole rings is 1. The van der Waals surface area contributed by atoms with Crippen molar-refractivity contribution in [3.63, 3.8) is 0 Å². The fourth-order valence-electron chi connectivity index (χ4n) is 3.34. The van der Waals surface area contributed by atoms with Crippen LogP contribution in [0, 0.1) is 6.92 Å². The third-order valence-electron chi connectivity index (χ3n) is 4.87. The molecule has 10 nitrogen and oxygen atoms in total. The zero-order valence-corrected chi connectivity index (χ0v) is 17.5. The summed E-state index contributed by atoms with van der Waals surface area (Å²) >= 11 is 0. The molecule has 0 spiro atoms. The van der Waals surface area contributed by atoms with Gasteiger partial charge in [0, 0.05) is 18.0 Å². The molecular weight excluding hydrogens is 420 g/mol. The number of hydrogen-bond acceptors (Lipinski definition) is 7. The maximum atomic E-state index is 12.8. The topological polar surface area (TPSA) is 124 Å². The van der Waals surface area contributed by atoms with Gasteiger partial charge in [0.25, 0.3) is 5.91 Å². The molecule has 1 amide bonds. The lowest BCUT2D eigenvalue weighted by atomic mass is 10.2. The largest absolute Gasteiger partial charge is 0.486 e. The Morgan fingerprint density at radius 1 is 1.16 bits per heavy atom. The van der Waals surface area contributed by atoms with E-state index >= 15 is 0 Å². The van der Waals surface area contributed by atoms with Crippen LogP contribution in [0.2, 0.25) is 0 Å². The second-order valence-electron chi connectivity index (χ2n) is 6.95. The Bertz CT molecular complexity index is 1340. The summed E-state index contributed by atoms with van der Waals surface area (Å²) in [5.74, 6) is 0.916. The highest BCUT2D eigenvalue weighted by Crippen LogP contribution is 2.32. The minimum Gasteiger partial charge on any atom is -0.486 e. The number of anilines is 1. The first-order valence-electron chi connectivity index (χ1n) is 9.46. The van der Waals surface area contributed by atoms with Crippen molar-refractivity contribution in [2.45, 2.75) is 12.1 Å². The summed E-state index contributed by atoms with van der Waals surface area (Å²) in [6.07, 6.45) is 1.55. The highest BCUT2D eigenvalue weighted by molar-refractivity contribution is 7.84. The second-order valence-corrected chi connectivity index (χ2v) is 8.24. The van der Waals surface area contributed by atoms with Crippen LogP contribution in [-0.2, 0) is 10.8 Å². The first-order chi connectivity index (χ1) is 15.0. The molecule has 0 saturated heterocycles. The summed E-state index contributed by atoms with van der Waals surface area (Å²) in [6, 6.07) is 10.7. The maximum Gasteiger partial charge on any atom is 0.278 e. The molecule has 11 heteroatoms. The Morgan fingerprint density at radius 3 is 2.77 bits per heavy atom. The van der Waals surface area contributed by atoms with Gasteiger partial charge in [-0.05, 0) is 37.3 Å². The number of fused-ring (bicyclic) bond motifs is 2. The second kappa shape index (κ2) is 7.51. The molecule has 2 aromatic carbocycles. The van der Waals surface area contributed by atoms with Gasteiger partial charge in [0.15, 0.2) is 22.3 Å². The fourth-order valence-corrected chi connectivity index (χ4v) is 3.82. The molecule has 1 aliphatic rings. The SMILES string of the molecule is Cc1c(C(=O)Nc2ccc3nc(S(C)=O)[nH]c3c2)nnn1-c1ccc2c(c1)OCCO2. The maximum absolute atomic E-state index is 12.8. The van der Waals surface area contributed by atoms with Gasteiger partial charge >= 0.3 is 0 Å². The predicted molar refractivity (Wildman–Crippen MR) is 113 cm³/mol. The van der Waals surface area contributed by atoms with Crippen LogP contribution in [0.25, 0.3) is 16.7 Å². The lowest BCUT2D eigenvalue weighted by molar-refractivity contribution is 0.102. The molecule has 1 unspecified atom stereocenters. The summed E-state index contributed by atoms with van der Waals surface area (Å²) in [5.41, 5.74) is 3.41. The smallest absolute Gasteiger partial charge is 0.278 e. The monoisotopic (exact) mass is 438 g/mol. The van der Waals surface area contributed by atoms with Crippen molar-refractivity contribution in [2.24, 2.45) is 0 Å². The zero-order chi connectivity index (χ0) is 21.5. The molecule has 0 saturated carbocycles. The summed E-state index contributed by atoms with van der Waals surface area (Å²) in [6.45, 7) is 2.77. The summed E-state index contributed by atoms with van der Waals surface area (Å²) in [4.78, 5) is 20.1. The van der Waals surface area contributed by atoms with E-state index in [0.29, 0.717) is 58.0 Å². The average molecular weight is 438 g/mol. The molecular formula is C20H18N6O4S. The normalized spacial score (nSPS) is 13.9. The van der Waals surface area contributed by atoms with Crippen molar-refractivity contribution >= 4 is 33.4 Å². The van der Waals surface area contributed by atoms with E-state index in [9.17, 15) is 9.00 Å².